The molecular weight excluding hydrogens is 270 g/mol. The number of ether oxygens (including phenoxy) is 2. The number of esters is 2. The third kappa shape index (κ3) is 3.10. The molecule has 0 bridgehead atoms. The molecule has 0 unspecified atom stereocenters. The molecule has 0 aromatic heterocycles. The van der Waals surface area contributed by atoms with Crippen molar-refractivity contribution in [2.45, 2.75) is 0 Å². The van der Waals surface area contributed by atoms with Gasteiger partial charge in [0.1, 0.15) is 5.57 Å². The monoisotopic (exact) mass is 281 g/mol. The van der Waals surface area contributed by atoms with Gasteiger partial charge in [0.2, 0.25) is 0 Å². The Morgan fingerprint density at radius 1 is 1.25 bits per heavy atom. The van der Waals surface area contributed by atoms with Crippen molar-refractivity contribution in [3.05, 3.63) is 39.4 Å². The number of nitrogens with zero attached hydrogens (tertiary/aromatic N) is 1. The quantitative estimate of drug-likeness (QED) is 0.219. The summed E-state index contributed by atoms with van der Waals surface area (Å²) in [6.07, 6.45) is 0.926. The summed E-state index contributed by atoms with van der Waals surface area (Å²) in [4.78, 5) is 33.0. The number of phenolic OH excluding ortho intramolecular Hbond substituents is 1. The van der Waals surface area contributed by atoms with Gasteiger partial charge in [0, 0.05) is 0 Å². The second-order valence-corrected chi connectivity index (χ2v) is 3.51. The smallest absolute Gasteiger partial charge is 0.345 e. The van der Waals surface area contributed by atoms with E-state index in [2.05, 4.69) is 9.47 Å². The number of methoxy groups -OCH3 is 2. The van der Waals surface area contributed by atoms with Gasteiger partial charge < -0.3 is 14.6 Å². The number of aromatic hydroxyl groups is 1. The summed E-state index contributed by atoms with van der Waals surface area (Å²) in [7, 11) is 2.10. The van der Waals surface area contributed by atoms with Crippen LogP contribution in [0.25, 0.3) is 6.08 Å². The second kappa shape index (κ2) is 6.32. The zero-order valence-electron chi connectivity index (χ0n) is 10.7. The van der Waals surface area contributed by atoms with Crippen molar-refractivity contribution in [1.29, 1.82) is 0 Å². The fourth-order valence-electron chi connectivity index (χ4n) is 1.44. The first-order chi connectivity index (χ1) is 9.42. The van der Waals surface area contributed by atoms with Gasteiger partial charge in [-0.15, -0.1) is 0 Å². The zero-order valence-corrected chi connectivity index (χ0v) is 10.7. The number of hydrogen-bond acceptors (Lipinski definition) is 7. The molecule has 0 heterocycles. The van der Waals surface area contributed by atoms with Crippen LogP contribution in [0.4, 0.5) is 5.69 Å². The molecule has 0 aliphatic carbocycles. The van der Waals surface area contributed by atoms with E-state index in [0.29, 0.717) is 0 Å². The third-order valence-corrected chi connectivity index (χ3v) is 2.34. The Morgan fingerprint density at radius 3 is 2.25 bits per heavy atom. The van der Waals surface area contributed by atoms with Gasteiger partial charge in [-0.3, -0.25) is 10.1 Å². The zero-order chi connectivity index (χ0) is 15.3. The van der Waals surface area contributed by atoms with Gasteiger partial charge in [0.25, 0.3) is 0 Å². The Balaban J connectivity index is 3.45. The molecule has 0 aliphatic rings. The van der Waals surface area contributed by atoms with Crippen LogP contribution in [0.2, 0.25) is 0 Å². The van der Waals surface area contributed by atoms with E-state index in [9.17, 15) is 24.8 Å². The van der Waals surface area contributed by atoms with E-state index < -0.39 is 33.9 Å². The molecule has 0 amide bonds. The Kier molecular flexibility index (Phi) is 4.79. The minimum Gasteiger partial charge on any atom is -0.502 e. The van der Waals surface area contributed by atoms with Crippen LogP contribution in [-0.2, 0) is 19.1 Å². The number of carbonyl (C=O) groups is 2. The fourth-order valence-corrected chi connectivity index (χ4v) is 1.44. The molecule has 0 saturated carbocycles. The first kappa shape index (κ1) is 15.2. The molecule has 0 aliphatic heterocycles. The highest BCUT2D eigenvalue weighted by Crippen LogP contribution is 2.31. The number of nitro groups is 1. The normalized spacial score (nSPS) is 9.50. The van der Waals surface area contributed by atoms with E-state index >= 15 is 0 Å². The molecule has 20 heavy (non-hydrogen) atoms. The van der Waals surface area contributed by atoms with Crippen molar-refractivity contribution in [2.75, 3.05) is 14.2 Å². The lowest BCUT2D eigenvalue weighted by atomic mass is 10.1. The van der Waals surface area contributed by atoms with Crippen LogP contribution in [0, 0.1) is 10.1 Å². The predicted octanol–water partition coefficient (Wildman–Crippen LogP) is 1.03. The third-order valence-electron chi connectivity index (χ3n) is 2.34. The average molecular weight is 281 g/mol. The highest BCUT2D eigenvalue weighted by atomic mass is 16.6. The van der Waals surface area contributed by atoms with Gasteiger partial charge in [-0.1, -0.05) is 6.07 Å². The van der Waals surface area contributed by atoms with Crippen molar-refractivity contribution < 1.29 is 29.1 Å². The molecular formula is C12H11NO7. The summed E-state index contributed by atoms with van der Waals surface area (Å²) in [5, 5.41) is 20.3. The average Bonchev–Trinajstić information content (AvgIpc) is 2.42. The number of benzene rings is 1. The highest BCUT2D eigenvalue weighted by Gasteiger charge is 2.24. The van der Waals surface area contributed by atoms with Gasteiger partial charge in [-0.25, -0.2) is 9.59 Å². The van der Waals surface area contributed by atoms with Gasteiger partial charge in [0.15, 0.2) is 5.75 Å². The van der Waals surface area contributed by atoms with Gasteiger partial charge in [-0.05, 0) is 18.2 Å². The summed E-state index contributed by atoms with van der Waals surface area (Å²) in [6, 6.07) is 3.72. The molecule has 106 valence electrons. The molecule has 1 aromatic rings. The van der Waals surface area contributed by atoms with E-state index in [4.69, 9.17) is 0 Å². The molecule has 0 atom stereocenters. The number of nitro benzene ring substituents is 1. The first-order valence-electron chi connectivity index (χ1n) is 5.27. The maximum absolute atomic E-state index is 11.5. The molecule has 8 nitrogen and oxygen atoms in total. The predicted molar refractivity (Wildman–Crippen MR) is 66.8 cm³/mol. The van der Waals surface area contributed by atoms with Crippen LogP contribution in [0.1, 0.15) is 5.56 Å². The number of para-hydroxylation sites is 1. The summed E-state index contributed by atoms with van der Waals surface area (Å²) < 4.78 is 8.80. The molecule has 8 heteroatoms. The van der Waals surface area contributed by atoms with E-state index in [0.717, 1.165) is 26.4 Å². The Bertz CT molecular complexity index is 573. The van der Waals surface area contributed by atoms with Crippen molar-refractivity contribution in [3.8, 4) is 5.75 Å². The standard InChI is InChI=1S/C12H11NO7/c1-19-11(15)8(12(16)20-2)6-7-4-3-5-9(14)10(7)13(17)18/h3-6,14H,1-2H3. The summed E-state index contributed by atoms with van der Waals surface area (Å²) in [5.41, 5.74) is -1.28. The Morgan fingerprint density at radius 2 is 1.80 bits per heavy atom. The maximum atomic E-state index is 11.5. The van der Waals surface area contributed by atoms with Crippen LogP contribution in [-0.4, -0.2) is 36.2 Å². The number of phenols is 1. The molecule has 0 fully saturated rings. The number of carbonyl (C=O) groups excluding carboxylic acids is 2. The van der Waals surface area contributed by atoms with Gasteiger partial charge >= 0.3 is 17.6 Å². The van der Waals surface area contributed by atoms with Crippen molar-refractivity contribution in [1.82, 2.24) is 0 Å². The van der Waals surface area contributed by atoms with Gasteiger partial charge in [-0.2, -0.15) is 0 Å². The topological polar surface area (TPSA) is 116 Å². The summed E-state index contributed by atoms with van der Waals surface area (Å²) in [6.45, 7) is 0. The van der Waals surface area contributed by atoms with Crippen molar-refractivity contribution in [2.24, 2.45) is 0 Å². The summed E-state index contributed by atoms with van der Waals surface area (Å²) >= 11 is 0. The summed E-state index contributed by atoms with van der Waals surface area (Å²) in [5.74, 6) is -2.60. The van der Waals surface area contributed by atoms with E-state index in [-0.39, 0.29) is 5.56 Å². The van der Waals surface area contributed by atoms with E-state index in [1.54, 1.807) is 0 Å². The molecule has 1 rings (SSSR count). The van der Waals surface area contributed by atoms with Crippen LogP contribution >= 0.6 is 0 Å². The van der Waals surface area contributed by atoms with E-state index in [1.807, 2.05) is 0 Å². The molecule has 1 aromatic carbocycles. The maximum Gasteiger partial charge on any atom is 0.345 e. The molecule has 0 spiro atoms. The lowest BCUT2D eigenvalue weighted by Gasteiger charge is -2.04. The number of hydrogen-bond donors (Lipinski definition) is 1. The second-order valence-electron chi connectivity index (χ2n) is 3.51. The van der Waals surface area contributed by atoms with Crippen LogP contribution < -0.4 is 0 Å². The molecule has 0 radical (unpaired) electrons. The Hall–Kier alpha value is -2.90. The SMILES string of the molecule is COC(=O)C(=Cc1cccc(O)c1[N+](=O)[O-])C(=O)OC. The highest BCUT2D eigenvalue weighted by molar-refractivity contribution is 6.17. The Labute approximate surface area is 113 Å². The lowest BCUT2D eigenvalue weighted by molar-refractivity contribution is -0.386. The number of rotatable bonds is 4. The van der Waals surface area contributed by atoms with Crippen LogP contribution in [0.3, 0.4) is 0 Å². The molecule has 0 saturated heterocycles. The first-order valence-corrected chi connectivity index (χ1v) is 5.27. The minimum absolute atomic E-state index is 0.124. The fraction of sp³-hybridized carbons (Fsp3) is 0.167. The largest absolute Gasteiger partial charge is 0.502 e. The van der Waals surface area contributed by atoms with E-state index in [1.165, 1.54) is 12.1 Å². The van der Waals surface area contributed by atoms with Crippen LogP contribution in [0.15, 0.2) is 23.8 Å². The van der Waals surface area contributed by atoms with Crippen molar-refractivity contribution >= 4 is 23.7 Å². The minimum atomic E-state index is -1.01. The lowest BCUT2D eigenvalue weighted by Crippen LogP contribution is -2.15. The van der Waals surface area contributed by atoms with Gasteiger partial charge in [0.05, 0.1) is 24.7 Å². The van der Waals surface area contributed by atoms with Crippen LogP contribution in [0.5, 0.6) is 5.75 Å². The van der Waals surface area contributed by atoms with Crippen molar-refractivity contribution in [3.63, 3.8) is 0 Å². The molecule has 1 N–H and O–H groups in total.